The zero-order valence-electron chi connectivity index (χ0n) is 14.7. The molecular formula is C19H24N2O2. The van der Waals surface area contributed by atoms with Gasteiger partial charge in [0, 0.05) is 12.6 Å². The minimum atomic E-state index is -0.418. The van der Waals surface area contributed by atoms with Gasteiger partial charge in [0.1, 0.15) is 5.60 Å². The molecule has 0 bridgehead atoms. The van der Waals surface area contributed by atoms with Crippen molar-refractivity contribution < 1.29 is 9.53 Å². The number of nitriles is 1. The maximum Gasteiger partial charge on any atom is 0.336 e. The average molecular weight is 312 g/mol. The van der Waals surface area contributed by atoms with Crippen LogP contribution in [0.25, 0.3) is 0 Å². The summed E-state index contributed by atoms with van der Waals surface area (Å²) >= 11 is 0. The molecule has 0 aromatic heterocycles. The molecule has 122 valence electrons. The van der Waals surface area contributed by atoms with Gasteiger partial charge < -0.3 is 4.74 Å². The number of ether oxygens (including phenoxy) is 1. The lowest BCUT2D eigenvalue weighted by atomic mass is 9.97. The molecule has 1 heterocycles. The van der Waals surface area contributed by atoms with Crippen LogP contribution in [0.2, 0.25) is 0 Å². The number of aliphatic imine (C=N–C) groups is 1. The Kier molecular flexibility index (Phi) is 6.27. The number of carbonyl (C=O) groups is 1. The molecule has 0 atom stereocenters. The van der Waals surface area contributed by atoms with Crippen molar-refractivity contribution in [2.24, 2.45) is 4.99 Å². The smallest absolute Gasteiger partial charge is 0.336 e. The molecule has 0 aliphatic carbocycles. The van der Waals surface area contributed by atoms with Crippen LogP contribution in [0.3, 0.4) is 0 Å². The first kappa shape index (κ1) is 18.6. The van der Waals surface area contributed by atoms with E-state index in [-0.39, 0.29) is 5.97 Å². The third-order valence-electron chi connectivity index (χ3n) is 3.62. The molecule has 2 rings (SSSR count). The highest BCUT2D eigenvalue weighted by atomic mass is 16.6. The second-order valence-corrected chi connectivity index (χ2v) is 6.20. The normalized spacial score (nSPS) is 16.5. The number of nitrogens with zero attached hydrogens (tertiary/aromatic N) is 2. The Morgan fingerprint density at radius 1 is 1.26 bits per heavy atom. The van der Waals surface area contributed by atoms with E-state index in [4.69, 9.17) is 10.00 Å². The number of cyclic esters (lactones) is 1. The number of aryl methyl sites for hydroxylation is 2. The summed E-state index contributed by atoms with van der Waals surface area (Å²) in [5.74, 6) is -0.253. The van der Waals surface area contributed by atoms with Crippen molar-refractivity contribution in [3.63, 3.8) is 0 Å². The molecule has 0 saturated heterocycles. The molecule has 23 heavy (non-hydrogen) atoms. The largest absolute Gasteiger partial charge is 0.456 e. The van der Waals surface area contributed by atoms with Gasteiger partial charge >= 0.3 is 5.97 Å². The topological polar surface area (TPSA) is 62.4 Å². The van der Waals surface area contributed by atoms with Gasteiger partial charge in [-0.2, -0.15) is 5.26 Å². The van der Waals surface area contributed by atoms with Crippen molar-refractivity contribution in [3.05, 3.63) is 46.2 Å². The Balaban J connectivity index is 0.000000238. The second kappa shape index (κ2) is 7.73. The summed E-state index contributed by atoms with van der Waals surface area (Å²) in [4.78, 5) is 15.5. The van der Waals surface area contributed by atoms with Gasteiger partial charge in [0.15, 0.2) is 0 Å². The molecule has 1 aliphatic heterocycles. The quantitative estimate of drug-likeness (QED) is 0.575. The maximum atomic E-state index is 11.3. The highest BCUT2D eigenvalue weighted by molar-refractivity contribution is 5.90. The van der Waals surface area contributed by atoms with Crippen LogP contribution in [-0.4, -0.2) is 17.8 Å². The molecule has 0 radical (unpaired) electrons. The molecule has 0 amide bonds. The minimum absolute atomic E-state index is 0.253. The van der Waals surface area contributed by atoms with Gasteiger partial charge in [0.05, 0.1) is 22.9 Å². The number of hydrogen-bond acceptors (Lipinski definition) is 4. The molecule has 4 heteroatoms. The molecule has 0 unspecified atom stereocenters. The summed E-state index contributed by atoms with van der Waals surface area (Å²) < 4.78 is 5.19. The van der Waals surface area contributed by atoms with E-state index in [1.54, 1.807) is 13.1 Å². The number of carbonyl (C=O) groups excluding carboxylic acids is 1. The third-order valence-corrected chi connectivity index (χ3v) is 3.62. The van der Waals surface area contributed by atoms with Gasteiger partial charge in [-0.3, -0.25) is 4.99 Å². The minimum Gasteiger partial charge on any atom is -0.456 e. The van der Waals surface area contributed by atoms with E-state index in [9.17, 15) is 4.79 Å². The van der Waals surface area contributed by atoms with Gasteiger partial charge in [-0.05, 0) is 64.8 Å². The van der Waals surface area contributed by atoms with Crippen LogP contribution in [0, 0.1) is 25.2 Å². The fraction of sp³-hybridized carbons (Fsp3) is 0.421. The number of hydrogen-bond donors (Lipinski definition) is 0. The summed E-state index contributed by atoms with van der Waals surface area (Å²) in [5.41, 5.74) is 4.20. The Hall–Kier alpha value is -2.41. The van der Waals surface area contributed by atoms with E-state index in [0.717, 1.165) is 11.3 Å². The monoisotopic (exact) mass is 312 g/mol. The van der Waals surface area contributed by atoms with Crippen LogP contribution in [-0.2, 0) is 9.53 Å². The summed E-state index contributed by atoms with van der Waals surface area (Å²) in [6, 6.07) is 7.79. The standard InChI is InChI=1S/C10H15NO2.C9H9N/c1-5-11-8-6-10(3,4)13-9(12)7(8)2;1-7-3-4-9(6-10)5-8(7)2/h5H,6H2,1-4H3;3-5H,1-2H3. The summed E-state index contributed by atoms with van der Waals surface area (Å²) in [6.45, 7) is 11.4. The second-order valence-electron chi connectivity index (χ2n) is 6.20. The molecule has 0 saturated carbocycles. The third kappa shape index (κ3) is 5.37. The van der Waals surface area contributed by atoms with Crippen LogP contribution in [0.15, 0.2) is 34.5 Å². The molecule has 0 N–H and O–H groups in total. The number of rotatable bonds is 1. The van der Waals surface area contributed by atoms with Crippen molar-refractivity contribution in [2.45, 2.75) is 53.6 Å². The van der Waals surface area contributed by atoms with Crippen LogP contribution in [0.5, 0.6) is 0 Å². The van der Waals surface area contributed by atoms with Gasteiger partial charge in [0.2, 0.25) is 0 Å². The number of esters is 1. The van der Waals surface area contributed by atoms with Gasteiger partial charge in [-0.1, -0.05) is 6.07 Å². The molecule has 1 aromatic carbocycles. The van der Waals surface area contributed by atoms with Crippen molar-refractivity contribution in [1.29, 1.82) is 5.26 Å². The fourth-order valence-corrected chi connectivity index (χ4v) is 2.13. The molecule has 1 aliphatic rings. The van der Waals surface area contributed by atoms with Crippen molar-refractivity contribution in [2.75, 3.05) is 0 Å². The SMILES string of the molecule is CC=NC1=C(C)C(=O)OC(C)(C)C1.Cc1ccc(C#N)cc1C. The Morgan fingerprint density at radius 2 is 1.91 bits per heavy atom. The lowest BCUT2D eigenvalue weighted by Gasteiger charge is -2.30. The van der Waals surface area contributed by atoms with Gasteiger partial charge in [-0.25, -0.2) is 4.79 Å². The van der Waals surface area contributed by atoms with Crippen molar-refractivity contribution >= 4 is 12.2 Å². The summed E-state index contributed by atoms with van der Waals surface area (Å²) in [6.07, 6.45) is 2.39. The Morgan fingerprint density at radius 3 is 2.43 bits per heavy atom. The van der Waals surface area contributed by atoms with E-state index in [1.165, 1.54) is 11.1 Å². The predicted octanol–water partition coefficient (Wildman–Crippen LogP) is 4.25. The van der Waals surface area contributed by atoms with Gasteiger partial charge in [0.25, 0.3) is 0 Å². The van der Waals surface area contributed by atoms with Crippen molar-refractivity contribution in [3.8, 4) is 6.07 Å². The van der Waals surface area contributed by atoms with E-state index in [1.807, 2.05) is 52.8 Å². The molecular weight excluding hydrogens is 288 g/mol. The predicted molar refractivity (Wildman–Crippen MR) is 92.3 cm³/mol. The van der Waals surface area contributed by atoms with Crippen LogP contribution in [0.1, 0.15) is 50.8 Å². The first-order chi connectivity index (χ1) is 10.7. The Bertz CT molecular complexity index is 692. The average Bonchev–Trinajstić information content (AvgIpc) is 2.47. The highest BCUT2D eigenvalue weighted by Gasteiger charge is 2.31. The van der Waals surface area contributed by atoms with E-state index >= 15 is 0 Å². The fourth-order valence-electron chi connectivity index (χ4n) is 2.13. The van der Waals surface area contributed by atoms with E-state index in [2.05, 4.69) is 11.1 Å². The van der Waals surface area contributed by atoms with E-state index < -0.39 is 5.60 Å². The first-order valence-electron chi connectivity index (χ1n) is 7.59. The Labute approximate surface area is 138 Å². The maximum absolute atomic E-state index is 11.3. The van der Waals surface area contributed by atoms with E-state index in [0.29, 0.717) is 12.0 Å². The highest BCUT2D eigenvalue weighted by Crippen LogP contribution is 2.29. The van der Waals surface area contributed by atoms with Crippen LogP contribution >= 0.6 is 0 Å². The first-order valence-corrected chi connectivity index (χ1v) is 7.59. The zero-order valence-corrected chi connectivity index (χ0v) is 14.7. The molecule has 0 spiro atoms. The van der Waals surface area contributed by atoms with Crippen LogP contribution < -0.4 is 0 Å². The van der Waals surface area contributed by atoms with Crippen molar-refractivity contribution in [1.82, 2.24) is 0 Å². The molecule has 0 fully saturated rings. The van der Waals surface area contributed by atoms with Gasteiger partial charge in [-0.15, -0.1) is 0 Å². The molecule has 4 nitrogen and oxygen atoms in total. The lowest BCUT2D eigenvalue weighted by Crippen LogP contribution is -2.33. The zero-order chi connectivity index (χ0) is 17.6. The summed E-state index contributed by atoms with van der Waals surface area (Å²) in [5, 5.41) is 8.50. The van der Waals surface area contributed by atoms with Crippen LogP contribution in [0.4, 0.5) is 0 Å². The summed E-state index contributed by atoms with van der Waals surface area (Å²) in [7, 11) is 0. The lowest BCUT2D eigenvalue weighted by molar-refractivity contribution is -0.153. The molecule has 1 aromatic rings. The number of benzene rings is 1.